The molecule has 0 fully saturated rings. The van der Waals surface area contributed by atoms with Crippen LogP contribution in [0.25, 0.3) is 87.5 Å². The summed E-state index contributed by atoms with van der Waals surface area (Å²) in [5.74, 6) is 0. The molecule has 14 rings (SSSR count). The molecule has 0 aliphatic carbocycles. The standard InChI is InChI=1S/C52H30B2N2/c1-3-15-31(16-4-1)53-42-28-13-21-35-33-19-7-9-27-41(33)54(47(35)42)49-38-24-12-25-39-46(38)45-37(48(49)53)23-11-26-40(45)52-51(39)55(32-17-5-2-6-18-32)44-30-14-22-36-34-20-8-10-29-43(34)56(52)50(36)44/h1-30H. The van der Waals surface area contributed by atoms with Gasteiger partial charge in [-0.15, -0.1) is 0 Å². The summed E-state index contributed by atoms with van der Waals surface area (Å²) in [4.78, 5) is 0. The predicted octanol–water partition coefficient (Wildman–Crippen LogP) is 8.41. The minimum Gasteiger partial charge on any atom is -0.306 e. The average Bonchev–Trinajstić information content (AvgIpc) is 3.79. The molecule has 0 unspecified atom stereocenters. The largest absolute Gasteiger partial charge is 0.306 e. The Morgan fingerprint density at radius 2 is 0.875 bits per heavy atom. The van der Waals surface area contributed by atoms with Crippen molar-refractivity contribution in [2.75, 3.05) is 0 Å². The van der Waals surface area contributed by atoms with Gasteiger partial charge in [0.2, 0.25) is 13.4 Å². The zero-order chi connectivity index (χ0) is 36.2. The quantitative estimate of drug-likeness (QED) is 0.0972. The lowest BCUT2D eigenvalue weighted by Crippen LogP contribution is -2.74. The second-order valence-corrected chi connectivity index (χ2v) is 15.9. The highest BCUT2D eigenvalue weighted by atomic mass is 15.0. The molecule has 10 aromatic carbocycles. The molecule has 0 amide bonds. The van der Waals surface area contributed by atoms with E-state index in [1.807, 2.05) is 0 Å². The van der Waals surface area contributed by atoms with Crippen LogP contribution in [0.4, 0.5) is 0 Å². The van der Waals surface area contributed by atoms with Crippen molar-refractivity contribution in [3.8, 4) is 16.8 Å². The minimum absolute atomic E-state index is 0.0948. The van der Waals surface area contributed by atoms with Gasteiger partial charge in [0.1, 0.15) is 0 Å². The molecule has 254 valence electrons. The third-order valence-electron chi connectivity index (χ3n) is 13.4. The summed E-state index contributed by atoms with van der Waals surface area (Å²) in [5.41, 5.74) is 18.7. The second-order valence-electron chi connectivity index (χ2n) is 15.9. The van der Waals surface area contributed by atoms with Crippen molar-refractivity contribution >= 4 is 117 Å². The Kier molecular flexibility index (Phi) is 5.44. The van der Waals surface area contributed by atoms with Gasteiger partial charge in [0.05, 0.1) is 27.6 Å². The Morgan fingerprint density at radius 1 is 0.321 bits per heavy atom. The molecule has 0 spiro atoms. The van der Waals surface area contributed by atoms with Crippen molar-refractivity contribution in [1.82, 2.24) is 8.97 Å². The van der Waals surface area contributed by atoms with E-state index < -0.39 is 0 Å². The molecule has 56 heavy (non-hydrogen) atoms. The maximum atomic E-state index is 2.59. The van der Waals surface area contributed by atoms with Crippen LogP contribution in [0.3, 0.4) is 0 Å². The summed E-state index contributed by atoms with van der Waals surface area (Å²) in [5, 5.41) is 10.6. The van der Waals surface area contributed by atoms with Gasteiger partial charge < -0.3 is 8.97 Å². The fourth-order valence-corrected chi connectivity index (χ4v) is 11.5. The van der Waals surface area contributed by atoms with Crippen molar-refractivity contribution in [3.05, 3.63) is 182 Å². The number of nitrogens with zero attached hydrogens (tertiary/aromatic N) is 2. The first kappa shape index (κ1) is 29.3. The third kappa shape index (κ3) is 3.40. The number of fused-ring (bicyclic) bond motifs is 14. The molecule has 2 aliphatic heterocycles. The van der Waals surface area contributed by atoms with Crippen LogP contribution in [0.5, 0.6) is 0 Å². The Labute approximate surface area is 323 Å². The highest BCUT2D eigenvalue weighted by molar-refractivity contribution is 7.14. The molecule has 2 aliphatic rings. The monoisotopic (exact) mass is 704 g/mol. The highest BCUT2D eigenvalue weighted by Gasteiger charge is 2.46. The summed E-state index contributed by atoms with van der Waals surface area (Å²) in [7, 11) is 0. The topological polar surface area (TPSA) is 9.34 Å². The molecule has 0 N–H and O–H groups in total. The zero-order valence-corrected chi connectivity index (χ0v) is 30.4. The van der Waals surface area contributed by atoms with Crippen LogP contribution in [0.1, 0.15) is 0 Å². The molecular weight excluding hydrogens is 674 g/mol. The average molecular weight is 704 g/mol. The third-order valence-corrected chi connectivity index (χ3v) is 13.4. The summed E-state index contributed by atoms with van der Waals surface area (Å²) in [6.07, 6.45) is 0. The van der Waals surface area contributed by atoms with Gasteiger partial charge in [0.15, 0.2) is 0 Å². The maximum absolute atomic E-state index is 2.59. The van der Waals surface area contributed by atoms with Crippen LogP contribution in [-0.4, -0.2) is 22.4 Å². The van der Waals surface area contributed by atoms with Crippen molar-refractivity contribution < 1.29 is 0 Å². The Morgan fingerprint density at radius 3 is 1.70 bits per heavy atom. The molecule has 4 heterocycles. The lowest BCUT2D eigenvalue weighted by Gasteiger charge is -2.34. The van der Waals surface area contributed by atoms with Gasteiger partial charge in [0.25, 0.3) is 0 Å². The van der Waals surface area contributed by atoms with Gasteiger partial charge >= 0.3 is 0 Å². The molecule has 2 aromatic heterocycles. The van der Waals surface area contributed by atoms with E-state index in [0.29, 0.717) is 0 Å². The second kappa shape index (κ2) is 10.4. The Hall–Kier alpha value is -7.03. The first-order valence-electron chi connectivity index (χ1n) is 19.8. The van der Waals surface area contributed by atoms with E-state index in [1.165, 1.54) is 120 Å². The lowest BCUT2D eigenvalue weighted by atomic mass is 9.21. The number of rotatable bonds is 2. The number of aromatic nitrogens is 2. The smallest absolute Gasteiger partial charge is 0.242 e. The van der Waals surface area contributed by atoms with Crippen molar-refractivity contribution in [2.45, 2.75) is 0 Å². The van der Waals surface area contributed by atoms with Crippen LogP contribution < -0.4 is 32.8 Å². The first-order chi connectivity index (χ1) is 27.9. The normalized spacial score (nSPS) is 13.3. The molecule has 0 radical (unpaired) electrons. The van der Waals surface area contributed by atoms with Crippen LogP contribution in [0.15, 0.2) is 182 Å². The van der Waals surface area contributed by atoms with Gasteiger partial charge in [-0.25, -0.2) is 0 Å². The van der Waals surface area contributed by atoms with Crippen LogP contribution in [-0.2, 0) is 0 Å². The minimum atomic E-state index is 0.0948. The van der Waals surface area contributed by atoms with Gasteiger partial charge in [-0.2, -0.15) is 0 Å². The summed E-state index contributed by atoms with van der Waals surface area (Å²) < 4.78 is 5.14. The molecule has 0 saturated heterocycles. The SMILES string of the molecule is c1ccc(B2c3cccc4c3B(c3ccccc3-4)c3c2c2cccc4c2c2c3cccc2c2c4n3c4ccccc4c4cccc(c43)n2-c2ccccc2)cc1. The van der Waals surface area contributed by atoms with E-state index in [9.17, 15) is 0 Å². The summed E-state index contributed by atoms with van der Waals surface area (Å²) in [6, 6.07) is 68.6. The van der Waals surface area contributed by atoms with Gasteiger partial charge in [-0.3, -0.25) is 0 Å². The van der Waals surface area contributed by atoms with Gasteiger partial charge in [0, 0.05) is 27.2 Å². The summed E-state index contributed by atoms with van der Waals surface area (Å²) in [6.45, 7) is 0.244. The number of para-hydroxylation sites is 3. The molecule has 12 aromatic rings. The van der Waals surface area contributed by atoms with Crippen molar-refractivity contribution in [1.29, 1.82) is 0 Å². The fraction of sp³-hybridized carbons (Fsp3) is 0. The Bertz CT molecular complexity index is 3650. The molecule has 2 nitrogen and oxygen atoms in total. The van der Waals surface area contributed by atoms with Crippen LogP contribution in [0.2, 0.25) is 0 Å². The summed E-state index contributed by atoms with van der Waals surface area (Å²) >= 11 is 0. The van der Waals surface area contributed by atoms with Gasteiger partial charge in [-0.05, 0) is 56.9 Å². The van der Waals surface area contributed by atoms with Crippen LogP contribution in [0, 0.1) is 0 Å². The van der Waals surface area contributed by atoms with Gasteiger partial charge in [-0.1, -0.05) is 191 Å². The number of hydrogen-bond acceptors (Lipinski definition) is 0. The fourth-order valence-electron chi connectivity index (χ4n) is 11.5. The van der Waals surface area contributed by atoms with Crippen molar-refractivity contribution in [3.63, 3.8) is 0 Å². The van der Waals surface area contributed by atoms with E-state index >= 15 is 0 Å². The molecule has 0 bridgehead atoms. The van der Waals surface area contributed by atoms with E-state index in [1.54, 1.807) is 0 Å². The van der Waals surface area contributed by atoms with Crippen LogP contribution >= 0.6 is 0 Å². The predicted molar refractivity (Wildman–Crippen MR) is 241 cm³/mol. The van der Waals surface area contributed by atoms with E-state index in [4.69, 9.17) is 0 Å². The lowest BCUT2D eigenvalue weighted by molar-refractivity contribution is 1.15. The molecule has 4 heteroatoms. The molecular formula is C52H30B2N2. The zero-order valence-electron chi connectivity index (χ0n) is 30.4. The first-order valence-corrected chi connectivity index (χ1v) is 19.8. The number of hydrogen-bond donors (Lipinski definition) is 0. The van der Waals surface area contributed by atoms with Crippen molar-refractivity contribution in [2.24, 2.45) is 0 Å². The number of benzene rings is 10. The highest BCUT2D eigenvalue weighted by Crippen LogP contribution is 2.45. The van der Waals surface area contributed by atoms with E-state index in [-0.39, 0.29) is 13.4 Å². The Balaban J connectivity index is 1.29. The van der Waals surface area contributed by atoms with E-state index in [2.05, 4.69) is 191 Å². The molecule has 0 atom stereocenters. The molecule has 0 saturated carbocycles. The maximum Gasteiger partial charge on any atom is 0.242 e. The van der Waals surface area contributed by atoms with E-state index in [0.717, 1.165) is 0 Å².